The number of aromatic nitrogens is 1. The third-order valence-electron chi connectivity index (χ3n) is 6.34. The van der Waals surface area contributed by atoms with Gasteiger partial charge in [-0.2, -0.15) is 0 Å². The fourth-order valence-electron chi connectivity index (χ4n) is 4.54. The van der Waals surface area contributed by atoms with Crippen molar-refractivity contribution in [3.05, 3.63) is 82.1 Å². The average Bonchev–Trinajstić information content (AvgIpc) is 3.23. The van der Waals surface area contributed by atoms with Crippen molar-refractivity contribution in [2.75, 3.05) is 13.1 Å². The summed E-state index contributed by atoms with van der Waals surface area (Å²) in [5.74, 6) is -1.14. The zero-order valence-electron chi connectivity index (χ0n) is 18.7. The molecule has 0 spiro atoms. The van der Waals surface area contributed by atoms with Crippen LogP contribution in [-0.2, 0) is 6.54 Å². The van der Waals surface area contributed by atoms with Crippen LogP contribution in [0.3, 0.4) is 0 Å². The molecule has 0 unspecified atom stereocenters. The molecule has 4 aromatic rings. The van der Waals surface area contributed by atoms with Gasteiger partial charge in [-0.05, 0) is 42.7 Å². The number of halogens is 1. The number of carbonyl (C=O) groups is 2. The smallest absolute Gasteiger partial charge is 0.287 e. The van der Waals surface area contributed by atoms with E-state index in [9.17, 15) is 18.8 Å². The van der Waals surface area contributed by atoms with E-state index >= 15 is 0 Å². The molecule has 1 fully saturated rings. The van der Waals surface area contributed by atoms with Crippen molar-refractivity contribution in [1.29, 1.82) is 0 Å². The van der Waals surface area contributed by atoms with Crippen LogP contribution >= 0.6 is 0 Å². The molecule has 2 aromatic carbocycles. The molecule has 0 radical (unpaired) electrons. The van der Waals surface area contributed by atoms with Gasteiger partial charge in [0.05, 0.1) is 10.9 Å². The predicted octanol–water partition coefficient (Wildman–Crippen LogP) is 3.94. The highest BCUT2D eigenvalue weighted by atomic mass is 19.1. The first-order chi connectivity index (χ1) is 16.4. The average molecular weight is 461 g/mol. The highest BCUT2D eigenvalue weighted by Crippen LogP contribution is 2.21. The second-order valence-electron chi connectivity index (χ2n) is 8.74. The number of likely N-dealkylation sites (tertiary alicyclic amines) is 1. The van der Waals surface area contributed by atoms with Crippen LogP contribution in [0.2, 0.25) is 0 Å². The quantitative estimate of drug-likeness (QED) is 0.498. The Bertz CT molecular complexity index is 1460. The van der Waals surface area contributed by atoms with Gasteiger partial charge in [-0.15, -0.1) is 0 Å². The molecule has 1 N–H and O–H groups in total. The number of amides is 1. The first-order valence-electron chi connectivity index (χ1n) is 11.2. The van der Waals surface area contributed by atoms with Gasteiger partial charge in [0, 0.05) is 56.3 Å². The lowest BCUT2D eigenvalue weighted by Gasteiger charge is -2.32. The second-order valence-corrected chi connectivity index (χ2v) is 8.74. The number of piperidine rings is 1. The van der Waals surface area contributed by atoms with Crippen LogP contribution in [0.5, 0.6) is 0 Å². The Labute approximate surface area is 194 Å². The van der Waals surface area contributed by atoms with E-state index in [1.807, 2.05) is 12.1 Å². The minimum atomic E-state index is -0.533. The summed E-state index contributed by atoms with van der Waals surface area (Å²) in [6.07, 6.45) is 3.30. The Hall–Kier alpha value is -3.78. The van der Waals surface area contributed by atoms with E-state index in [0.717, 1.165) is 61.1 Å². The summed E-state index contributed by atoms with van der Waals surface area (Å²) in [4.78, 5) is 39.1. The maximum atomic E-state index is 13.5. The lowest BCUT2D eigenvalue weighted by atomic mass is 10.0. The van der Waals surface area contributed by atoms with E-state index in [1.165, 1.54) is 12.1 Å². The number of benzene rings is 2. The van der Waals surface area contributed by atoms with Crippen LogP contribution in [-0.4, -0.2) is 40.4 Å². The Morgan fingerprint density at radius 2 is 1.88 bits per heavy atom. The molecule has 0 atom stereocenters. The maximum Gasteiger partial charge on any atom is 0.287 e. The van der Waals surface area contributed by atoms with Crippen molar-refractivity contribution >= 4 is 33.7 Å². The van der Waals surface area contributed by atoms with Gasteiger partial charge in [-0.3, -0.25) is 23.9 Å². The molecule has 7 nitrogen and oxygen atoms in total. The molecule has 1 aliphatic rings. The highest BCUT2D eigenvalue weighted by molar-refractivity contribution is 5.93. The van der Waals surface area contributed by atoms with E-state index in [0.29, 0.717) is 0 Å². The Morgan fingerprint density at radius 1 is 1.09 bits per heavy atom. The zero-order valence-corrected chi connectivity index (χ0v) is 18.7. The van der Waals surface area contributed by atoms with Gasteiger partial charge in [-0.25, -0.2) is 4.39 Å². The second kappa shape index (κ2) is 8.87. The molecule has 1 saturated heterocycles. The summed E-state index contributed by atoms with van der Waals surface area (Å²) in [7, 11) is 0. The predicted molar refractivity (Wildman–Crippen MR) is 126 cm³/mol. The molecule has 1 aliphatic heterocycles. The number of nitrogens with zero attached hydrogens (tertiary/aromatic N) is 2. The summed E-state index contributed by atoms with van der Waals surface area (Å²) in [6, 6.07) is 12.8. The van der Waals surface area contributed by atoms with Gasteiger partial charge in [0.25, 0.3) is 5.91 Å². The van der Waals surface area contributed by atoms with Crippen LogP contribution in [0.1, 0.15) is 40.7 Å². The van der Waals surface area contributed by atoms with E-state index in [1.54, 1.807) is 17.7 Å². The Morgan fingerprint density at radius 3 is 2.65 bits per heavy atom. The molecule has 0 saturated carbocycles. The van der Waals surface area contributed by atoms with Crippen molar-refractivity contribution in [2.24, 2.45) is 0 Å². The van der Waals surface area contributed by atoms with Crippen LogP contribution in [0.15, 0.2) is 63.9 Å². The topological polar surface area (TPSA) is 84.5 Å². The Balaban J connectivity index is 1.21. The minimum Gasteiger partial charge on any atom is -0.451 e. The molecule has 34 heavy (non-hydrogen) atoms. The SMILES string of the molecule is CC(=O)n1ccc2ccc(CN3CCC(NC(=O)c4cc(=O)c5ccc(F)cc5o4)CC3)cc21. The Kier molecular flexibility index (Phi) is 5.75. The van der Waals surface area contributed by atoms with Crippen molar-refractivity contribution < 1.29 is 18.4 Å². The highest BCUT2D eigenvalue weighted by Gasteiger charge is 2.23. The summed E-state index contributed by atoms with van der Waals surface area (Å²) >= 11 is 0. The minimum absolute atomic E-state index is 0.0175. The van der Waals surface area contributed by atoms with Crippen molar-refractivity contribution in [2.45, 2.75) is 32.4 Å². The van der Waals surface area contributed by atoms with Crippen LogP contribution in [0, 0.1) is 5.82 Å². The van der Waals surface area contributed by atoms with Gasteiger partial charge in [-0.1, -0.05) is 12.1 Å². The first-order valence-corrected chi connectivity index (χ1v) is 11.2. The standard InChI is InChI=1S/C26H24FN3O4/c1-16(31)30-11-6-18-3-2-17(12-22(18)30)15-29-9-7-20(8-10-29)28-26(33)25-14-23(32)21-5-4-19(27)13-24(21)34-25/h2-6,11-14,20H,7-10,15H2,1H3,(H,28,33). The van der Waals surface area contributed by atoms with E-state index < -0.39 is 11.7 Å². The van der Waals surface area contributed by atoms with Gasteiger partial charge < -0.3 is 9.73 Å². The molecule has 2 aromatic heterocycles. The summed E-state index contributed by atoms with van der Waals surface area (Å²) in [5.41, 5.74) is 1.71. The molecule has 174 valence electrons. The number of fused-ring (bicyclic) bond motifs is 2. The lowest BCUT2D eigenvalue weighted by Crippen LogP contribution is -2.44. The number of nitrogens with one attached hydrogen (secondary N) is 1. The third-order valence-corrected chi connectivity index (χ3v) is 6.34. The number of rotatable bonds is 4. The molecule has 0 aliphatic carbocycles. The van der Waals surface area contributed by atoms with Crippen molar-refractivity contribution in [3.63, 3.8) is 0 Å². The molecular weight excluding hydrogens is 437 g/mol. The van der Waals surface area contributed by atoms with Crippen molar-refractivity contribution in [3.8, 4) is 0 Å². The number of hydrogen-bond acceptors (Lipinski definition) is 5. The molecule has 3 heterocycles. The normalized spacial score (nSPS) is 15.1. The van der Waals surface area contributed by atoms with Crippen LogP contribution < -0.4 is 10.7 Å². The zero-order chi connectivity index (χ0) is 23.8. The fraction of sp³-hybridized carbons (Fsp3) is 0.269. The summed E-state index contributed by atoms with van der Waals surface area (Å²) in [5, 5.41) is 4.20. The van der Waals surface area contributed by atoms with E-state index in [-0.39, 0.29) is 34.1 Å². The van der Waals surface area contributed by atoms with E-state index in [2.05, 4.69) is 22.3 Å². The summed E-state index contributed by atoms with van der Waals surface area (Å²) < 4.78 is 20.6. The van der Waals surface area contributed by atoms with Gasteiger partial charge in [0.2, 0.25) is 5.91 Å². The maximum absolute atomic E-state index is 13.5. The summed E-state index contributed by atoms with van der Waals surface area (Å²) in [6.45, 7) is 3.89. The van der Waals surface area contributed by atoms with Gasteiger partial charge >= 0.3 is 0 Å². The molecule has 5 rings (SSSR count). The molecular formula is C26H24FN3O4. The third kappa shape index (κ3) is 4.36. The van der Waals surface area contributed by atoms with Crippen LogP contribution in [0.25, 0.3) is 21.9 Å². The van der Waals surface area contributed by atoms with Gasteiger partial charge in [0.1, 0.15) is 11.4 Å². The van der Waals surface area contributed by atoms with Gasteiger partial charge in [0.15, 0.2) is 11.2 Å². The number of carbonyl (C=O) groups excluding carboxylic acids is 2. The van der Waals surface area contributed by atoms with E-state index in [4.69, 9.17) is 4.42 Å². The first kappa shape index (κ1) is 22.0. The lowest BCUT2D eigenvalue weighted by molar-refractivity contribution is 0.0880. The molecule has 1 amide bonds. The number of hydrogen-bond donors (Lipinski definition) is 1. The fourth-order valence-corrected chi connectivity index (χ4v) is 4.54. The largest absolute Gasteiger partial charge is 0.451 e. The molecule has 0 bridgehead atoms. The molecule has 8 heteroatoms. The van der Waals surface area contributed by atoms with Crippen LogP contribution in [0.4, 0.5) is 4.39 Å². The monoisotopic (exact) mass is 461 g/mol. The van der Waals surface area contributed by atoms with Crippen molar-refractivity contribution in [1.82, 2.24) is 14.8 Å².